The summed E-state index contributed by atoms with van der Waals surface area (Å²) >= 11 is 0. The van der Waals surface area contributed by atoms with E-state index in [1.54, 1.807) is 6.08 Å². The second-order valence-electron chi connectivity index (χ2n) is 14.4. The van der Waals surface area contributed by atoms with Crippen LogP contribution in [0.3, 0.4) is 0 Å². The van der Waals surface area contributed by atoms with E-state index in [9.17, 15) is 14.7 Å². The Hall–Kier alpha value is -3.30. The molecule has 1 spiro atoms. The number of H-pyrrole nitrogens is 1. The van der Waals surface area contributed by atoms with Gasteiger partial charge < -0.3 is 29.6 Å². The van der Waals surface area contributed by atoms with Crippen molar-refractivity contribution in [3.8, 4) is 0 Å². The number of para-hydroxylation sites is 1. The molecule has 44 heavy (non-hydrogen) atoms. The van der Waals surface area contributed by atoms with Crippen molar-refractivity contribution < 1.29 is 28.9 Å². The molecule has 3 aromatic rings. The van der Waals surface area contributed by atoms with Crippen LogP contribution in [0.2, 0.25) is 0 Å². The van der Waals surface area contributed by atoms with Crippen LogP contribution in [0.4, 0.5) is 0 Å². The van der Waals surface area contributed by atoms with Crippen molar-refractivity contribution in [3.05, 3.63) is 83.1 Å². The quantitative estimate of drug-likeness (QED) is 0.396. The number of fused-ring (bicyclic) bond motifs is 9. The third-order valence-electron chi connectivity index (χ3n) is 12.0. The normalized spacial score (nSPS) is 38.0. The van der Waals surface area contributed by atoms with Gasteiger partial charge in [-0.25, -0.2) is 0 Å². The Morgan fingerprint density at radius 3 is 2.61 bits per heavy atom. The smallest absolute Gasteiger partial charge is 0.246 e. The summed E-state index contributed by atoms with van der Waals surface area (Å²) in [5, 5.41) is 17.5. The van der Waals surface area contributed by atoms with Gasteiger partial charge in [-0.3, -0.25) is 9.59 Å². The first-order valence-electron chi connectivity index (χ1n) is 15.8. The van der Waals surface area contributed by atoms with Gasteiger partial charge in [0.05, 0.1) is 6.10 Å². The van der Waals surface area contributed by atoms with E-state index in [1.807, 2.05) is 50.2 Å². The van der Waals surface area contributed by atoms with Gasteiger partial charge in [-0.1, -0.05) is 62.4 Å². The molecule has 8 nitrogen and oxygen atoms in total. The second kappa shape index (κ2) is 9.13. The van der Waals surface area contributed by atoms with Crippen LogP contribution in [0.1, 0.15) is 63.8 Å². The Balaban J connectivity index is 1.20. The Morgan fingerprint density at radius 2 is 1.82 bits per heavy atom. The minimum absolute atomic E-state index is 0.152. The minimum atomic E-state index is -1.64. The number of rotatable bonds is 5. The van der Waals surface area contributed by atoms with Crippen LogP contribution in [0.5, 0.6) is 0 Å². The topological polar surface area (TPSA) is 110 Å². The summed E-state index contributed by atoms with van der Waals surface area (Å²) in [6, 6.07) is 18.1. The van der Waals surface area contributed by atoms with E-state index in [0.717, 1.165) is 23.2 Å². The zero-order chi connectivity index (χ0) is 30.7. The molecule has 1 aromatic heterocycles. The van der Waals surface area contributed by atoms with Gasteiger partial charge in [-0.05, 0) is 62.3 Å². The first-order valence-corrected chi connectivity index (χ1v) is 15.8. The maximum Gasteiger partial charge on any atom is 0.246 e. The fraction of sp³-hybridized carbons (Fsp3) is 0.500. The van der Waals surface area contributed by atoms with Crippen LogP contribution >= 0.6 is 0 Å². The molecule has 230 valence electrons. The second-order valence-corrected chi connectivity index (χ2v) is 14.4. The minimum Gasteiger partial charge on any atom is -0.382 e. The highest BCUT2D eigenvalue weighted by Crippen LogP contribution is 2.72. The number of nitrogens with one attached hydrogen (secondary N) is 2. The fourth-order valence-corrected chi connectivity index (χ4v) is 9.61. The SMILES string of the molecule is CC1(C)O[C@@]23CC[C@]4(C)[C@@]5(C)c6[nH]c7ccccc7c6C[C@@H]5C[C@H](OCC(=O)NCc5ccccc5)[C@@]4(O)C2=CC(=O)[C@@H]1O3. The molecule has 5 aliphatic rings. The zero-order valence-corrected chi connectivity index (χ0v) is 25.7. The van der Waals surface area contributed by atoms with Gasteiger partial charge in [-0.15, -0.1) is 0 Å². The summed E-state index contributed by atoms with van der Waals surface area (Å²) in [7, 11) is 0. The zero-order valence-electron chi connectivity index (χ0n) is 25.7. The van der Waals surface area contributed by atoms with E-state index in [4.69, 9.17) is 14.2 Å². The van der Waals surface area contributed by atoms with Crippen LogP contribution < -0.4 is 5.32 Å². The molecule has 7 atom stereocenters. The molecule has 2 saturated carbocycles. The molecule has 2 aliphatic heterocycles. The highest BCUT2D eigenvalue weighted by Gasteiger charge is 2.78. The van der Waals surface area contributed by atoms with E-state index in [2.05, 4.69) is 42.3 Å². The molecule has 2 aromatic carbocycles. The van der Waals surface area contributed by atoms with Gasteiger partial charge in [0.25, 0.3) is 0 Å². The molecule has 3 N–H and O–H groups in total. The van der Waals surface area contributed by atoms with Crippen molar-refractivity contribution in [1.82, 2.24) is 10.3 Å². The molecule has 3 heterocycles. The van der Waals surface area contributed by atoms with Gasteiger partial charge in [0, 0.05) is 46.0 Å². The number of ether oxygens (including phenoxy) is 3. The summed E-state index contributed by atoms with van der Waals surface area (Å²) in [5.41, 5.74) is 1.21. The monoisotopic (exact) mass is 596 g/mol. The van der Waals surface area contributed by atoms with Crippen LogP contribution in [-0.4, -0.2) is 57.6 Å². The number of carbonyl (C=O) groups is 2. The Kier molecular flexibility index (Phi) is 5.85. The molecule has 1 saturated heterocycles. The number of aromatic nitrogens is 1. The van der Waals surface area contributed by atoms with E-state index in [1.165, 1.54) is 10.9 Å². The van der Waals surface area contributed by atoms with Crippen molar-refractivity contribution in [2.45, 2.75) is 94.5 Å². The molecule has 2 bridgehead atoms. The van der Waals surface area contributed by atoms with Gasteiger partial charge in [-0.2, -0.15) is 0 Å². The average Bonchev–Trinajstić information content (AvgIpc) is 3.59. The summed E-state index contributed by atoms with van der Waals surface area (Å²) in [6.45, 7) is 8.32. The van der Waals surface area contributed by atoms with Crippen LogP contribution in [-0.2, 0) is 42.2 Å². The van der Waals surface area contributed by atoms with E-state index in [-0.39, 0.29) is 24.2 Å². The Bertz CT molecular complexity index is 1730. The predicted octanol–water partition coefficient (Wildman–Crippen LogP) is 4.63. The molecular weight excluding hydrogens is 556 g/mol. The predicted molar refractivity (Wildman–Crippen MR) is 164 cm³/mol. The number of aliphatic hydroxyl groups is 1. The van der Waals surface area contributed by atoms with E-state index in [0.29, 0.717) is 31.4 Å². The molecule has 0 unspecified atom stereocenters. The van der Waals surface area contributed by atoms with Crippen LogP contribution in [0, 0.1) is 11.3 Å². The van der Waals surface area contributed by atoms with Crippen molar-refractivity contribution in [2.24, 2.45) is 11.3 Å². The number of amides is 1. The summed E-state index contributed by atoms with van der Waals surface area (Å²) in [6.07, 6.45) is 2.53. The molecular formula is C36H40N2O6. The first-order chi connectivity index (χ1) is 20.9. The summed E-state index contributed by atoms with van der Waals surface area (Å²) in [5.74, 6) is -1.54. The molecule has 3 fully saturated rings. The molecule has 8 heteroatoms. The number of carbonyl (C=O) groups excluding carboxylic acids is 2. The average molecular weight is 597 g/mol. The maximum atomic E-state index is 13.6. The fourth-order valence-electron chi connectivity index (χ4n) is 9.61. The molecule has 1 amide bonds. The van der Waals surface area contributed by atoms with E-state index >= 15 is 0 Å². The van der Waals surface area contributed by atoms with Crippen LogP contribution in [0.25, 0.3) is 10.9 Å². The van der Waals surface area contributed by atoms with E-state index < -0.39 is 40.0 Å². The number of hydrogen-bond acceptors (Lipinski definition) is 6. The number of benzene rings is 2. The van der Waals surface area contributed by atoms with Crippen molar-refractivity contribution in [1.29, 1.82) is 0 Å². The third kappa shape index (κ3) is 3.48. The lowest BCUT2D eigenvalue weighted by atomic mass is 9.41. The number of ketones is 1. The summed E-state index contributed by atoms with van der Waals surface area (Å²) < 4.78 is 19.6. The van der Waals surface area contributed by atoms with Gasteiger partial charge in [0.1, 0.15) is 17.8 Å². The lowest BCUT2D eigenvalue weighted by molar-refractivity contribution is -0.279. The van der Waals surface area contributed by atoms with Gasteiger partial charge >= 0.3 is 0 Å². The number of aromatic amines is 1. The highest BCUT2D eigenvalue weighted by molar-refractivity contribution is 5.97. The highest BCUT2D eigenvalue weighted by atomic mass is 16.8. The maximum absolute atomic E-state index is 13.6. The Morgan fingerprint density at radius 1 is 1.07 bits per heavy atom. The largest absolute Gasteiger partial charge is 0.382 e. The molecule has 0 radical (unpaired) electrons. The van der Waals surface area contributed by atoms with Crippen molar-refractivity contribution in [3.63, 3.8) is 0 Å². The molecule has 3 aliphatic carbocycles. The van der Waals surface area contributed by atoms with Crippen molar-refractivity contribution in [2.75, 3.05) is 6.61 Å². The third-order valence-corrected chi connectivity index (χ3v) is 12.0. The lowest BCUT2D eigenvalue weighted by Crippen LogP contribution is -2.75. The van der Waals surface area contributed by atoms with Crippen molar-refractivity contribution >= 4 is 22.6 Å². The summed E-state index contributed by atoms with van der Waals surface area (Å²) in [4.78, 5) is 30.4. The molecule has 8 rings (SSSR count). The van der Waals surface area contributed by atoms with Gasteiger partial charge in [0.15, 0.2) is 17.7 Å². The standard InChI is InChI=1S/C36H40N2O6/c1-32(2)31-26(39)18-27-35(43-31,44-32)15-14-33(3)34(4)22(16-24-23-12-8-9-13-25(23)38-30(24)34)17-28(36(27,33)41)42-20-29(40)37-19-21-10-6-5-7-11-21/h5-13,18,22,28,31,38,41H,14-17,19-20H2,1-4H3,(H,37,40)/t22-,28+,31+,33-,34-,35+,36+/m1/s1. The van der Waals surface area contributed by atoms with Gasteiger partial charge in [0.2, 0.25) is 5.91 Å². The first kappa shape index (κ1) is 28.2. The lowest BCUT2D eigenvalue weighted by Gasteiger charge is -2.67. The number of hydrogen-bond donors (Lipinski definition) is 3. The Labute approximate surface area is 257 Å². The van der Waals surface area contributed by atoms with Crippen LogP contribution in [0.15, 0.2) is 66.2 Å².